The quantitative estimate of drug-likeness (QED) is 0.0980. The number of hydrogen-bond donors (Lipinski definition) is 0. The lowest BCUT2D eigenvalue weighted by Gasteiger charge is -1.98. The molecule has 4 heterocycles. The predicted molar refractivity (Wildman–Crippen MR) is 457 cm³/mol. The Morgan fingerprint density at radius 1 is 0.311 bits per heavy atom. The summed E-state index contributed by atoms with van der Waals surface area (Å²) in [6.07, 6.45) is 6.66. The zero-order valence-electron chi connectivity index (χ0n) is 64.5. The van der Waals surface area contributed by atoms with Gasteiger partial charge in [0.25, 0.3) is 0 Å². The highest BCUT2D eigenvalue weighted by Gasteiger charge is 2.00. The minimum atomic E-state index is -0.359. The molecular weight excluding hydrogens is 1490 g/mol. The van der Waals surface area contributed by atoms with Gasteiger partial charge in [0, 0.05) is 48.0 Å². The molecule has 0 N–H and O–H groups in total. The number of hydrogen-bond acceptors (Lipinski definition) is 5. The van der Waals surface area contributed by atoms with Crippen LogP contribution >= 0.6 is 92.4 Å². The van der Waals surface area contributed by atoms with Crippen molar-refractivity contribution < 1.29 is 22.0 Å². The van der Waals surface area contributed by atoms with Crippen LogP contribution in [0.2, 0.25) is 25.2 Å². The summed E-state index contributed by atoms with van der Waals surface area (Å²) in [7, 11) is 0. The Hall–Kier alpha value is -7.61. The van der Waals surface area contributed by atoms with E-state index in [4.69, 9.17) is 58.0 Å². The standard InChI is InChI=1S/C10H8ClN.2C9H12.C8H9Cl.2C8H9F.C8H10S.2C7H6ClF.C6H6ClN.C6H8S.C5H5FS/c1-7-2-3-8-5-10(11)12-6-9(8)4-7;1-7-4-5-8(2)9(3)6-7;1-3-9-6-4-8(2)5-7-9;2*1-6-3-4-8(9)7(2)5-6;1-6-3-4-7(2)8(9)5-6;1-7-3-5-8(9-2)6-4-7;1-5-2-3-7(9)6(8)4-5;1-5-2-3-6(8)7(9)4-5;1-5-2-3-6(7)4-8-5;1-5-3-4-6(2)7-5;1-4-2-3-5(6)7-4/h2-6H,1H3;4-6H,1-3H3;4-7H,3H2,1-2H3;3*3-5H,1-2H3;3-6H,1-2H3;2*2-4H,1H3;2-4H,1H3;3-4H,1-2H3;2-3H,1H3. The van der Waals surface area contributed by atoms with E-state index in [1.54, 1.807) is 80.5 Å². The highest BCUT2D eigenvalue weighted by atomic mass is 35.5. The monoisotopic (exact) mass is 1590 g/mol. The normalized spacial score (nSPS) is 9.68. The molecule has 9 aromatic carbocycles. The second-order valence-electron chi connectivity index (χ2n) is 25.0. The van der Waals surface area contributed by atoms with Crippen molar-refractivity contribution in [3.8, 4) is 0 Å². The summed E-state index contributed by atoms with van der Waals surface area (Å²) in [5.41, 5.74) is 18.2. The molecule has 0 unspecified atom stereocenters. The van der Waals surface area contributed by atoms with Gasteiger partial charge in [0.1, 0.15) is 28.4 Å². The number of nitrogens with zero attached hydrogens (tertiary/aromatic N) is 2. The molecule has 0 radical (unpaired) electrons. The van der Waals surface area contributed by atoms with Crippen LogP contribution in [0.5, 0.6) is 0 Å². The lowest BCUT2D eigenvalue weighted by molar-refractivity contribution is 0.617. The van der Waals surface area contributed by atoms with E-state index in [-0.39, 0.29) is 38.4 Å². The van der Waals surface area contributed by atoms with Gasteiger partial charge in [0.15, 0.2) is 5.13 Å². The molecule has 13 rings (SSSR count). The van der Waals surface area contributed by atoms with Crippen LogP contribution in [0.3, 0.4) is 0 Å². The smallest absolute Gasteiger partial charge is 0.176 e. The summed E-state index contributed by atoms with van der Waals surface area (Å²) < 4.78 is 61.8. The summed E-state index contributed by atoms with van der Waals surface area (Å²) in [4.78, 5) is 13.1. The van der Waals surface area contributed by atoms with Gasteiger partial charge < -0.3 is 0 Å². The third kappa shape index (κ3) is 42.1. The van der Waals surface area contributed by atoms with Crippen molar-refractivity contribution in [3.63, 3.8) is 0 Å². The maximum Gasteiger partial charge on any atom is 0.176 e. The highest BCUT2D eigenvalue weighted by Crippen LogP contribution is 2.21. The van der Waals surface area contributed by atoms with Gasteiger partial charge >= 0.3 is 0 Å². The molecule has 0 saturated carbocycles. The molecule has 15 heteroatoms. The number of benzene rings is 9. The van der Waals surface area contributed by atoms with E-state index in [1.807, 2.05) is 102 Å². The maximum atomic E-state index is 12.6. The molecule has 0 atom stereocenters. The van der Waals surface area contributed by atoms with Gasteiger partial charge in [0.05, 0.1) is 15.1 Å². The van der Waals surface area contributed by atoms with Gasteiger partial charge in [0.2, 0.25) is 0 Å². The molecule has 0 aliphatic carbocycles. The molecule has 562 valence electrons. The minimum absolute atomic E-state index is 0.0995. The van der Waals surface area contributed by atoms with Crippen molar-refractivity contribution in [1.82, 2.24) is 9.97 Å². The second-order valence-corrected chi connectivity index (χ2v) is 30.7. The molecule has 4 aromatic heterocycles. The Kier molecular flexibility index (Phi) is 46.0. The number of thioether (sulfide) groups is 1. The van der Waals surface area contributed by atoms with Crippen LogP contribution in [-0.4, -0.2) is 16.2 Å². The van der Waals surface area contributed by atoms with Crippen LogP contribution in [0, 0.1) is 153 Å². The zero-order valence-corrected chi connectivity index (χ0v) is 70.8. The van der Waals surface area contributed by atoms with Crippen molar-refractivity contribution >= 4 is 103 Å². The third-order valence-electron chi connectivity index (χ3n) is 14.9. The van der Waals surface area contributed by atoms with E-state index >= 15 is 0 Å². The van der Waals surface area contributed by atoms with Crippen LogP contribution in [0.25, 0.3) is 10.8 Å². The molecule has 106 heavy (non-hydrogen) atoms. The van der Waals surface area contributed by atoms with Gasteiger partial charge in [-0.2, -0.15) is 4.39 Å². The maximum absolute atomic E-state index is 12.6. The summed E-state index contributed by atoms with van der Waals surface area (Å²) in [6, 6.07) is 68.7. The van der Waals surface area contributed by atoms with Crippen molar-refractivity contribution in [3.05, 3.63) is 388 Å². The van der Waals surface area contributed by atoms with Gasteiger partial charge in [-0.1, -0.05) is 214 Å². The average Bonchev–Trinajstić information content (AvgIpc) is 1.12. The first-order chi connectivity index (χ1) is 50.0. The molecular formula is C91H100Cl5F5N2S3. The average molecular weight is 1590 g/mol. The summed E-state index contributed by atoms with van der Waals surface area (Å²) in [5, 5.41) is 4.63. The van der Waals surface area contributed by atoms with Gasteiger partial charge in [-0.25, -0.2) is 22.5 Å². The minimum Gasteiger partial charge on any atom is -0.260 e. The van der Waals surface area contributed by atoms with E-state index in [2.05, 4.69) is 189 Å². The van der Waals surface area contributed by atoms with Crippen molar-refractivity contribution in [2.75, 3.05) is 6.26 Å². The molecule has 2 nitrogen and oxygen atoms in total. The second kappa shape index (κ2) is 51.6. The number of rotatable bonds is 2. The lowest BCUT2D eigenvalue weighted by Crippen LogP contribution is -1.81. The Morgan fingerprint density at radius 3 is 1.13 bits per heavy atom. The first-order valence-electron chi connectivity index (χ1n) is 34.0. The molecule has 0 amide bonds. The van der Waals surface area contributed by atoms with E-state index in [1.165, 1.54) is 101 Å². The molecule has 13 aromatic rings. The topological polar surface area (TPSA) is 25.8 Å². The third-order valence-corrected chi connectivity index (χ3v) is 18.8. The fraction of sp³-hybridized carbons (Fsp3) is 0.231. The first kappa shape index (κ1) is 94.5. The summed E-state index contributed by atoms with van der Waals surface area (Å²) >= 11 is 32.7. The van der Waals surface area contributed by atoms with Crippen LogP contribution in [-0.2, 0) is 6.42 Å². The van der Waals surface area contributed by atoms with E-state index in [0.717, 1.165) is 66.2 Å². The Bertz CT molecular complexity index is 4110. The van der Waals surface area contributed by atoms with Crippen LogP contribution in [0.1, 0.15) is 111 Å². The molecule has 0 spiro atoms. The largest absolute Gasteiger partial charge is 0.260 e. The highest BCUT2D eigenvalue weighted by molar-refractivity contribution is 7.98. The summed E-state index contributed by atoms with van der Waals surface area (Å²) in [6.45, 7) is 38.0. The number of aromatic nitrogens is 2. The van der Waals surface area contributed by atoms with Gasteiger partial charge in [-0.05, 0) is 296 Å². The molecule has 0 aliphatic rings. The van der Waals surface area contributed by atoms with Gasteiger partial charge in [-0.3, -0.25) is 4.98 Å². The Morgan fingerprint density at radius 2 is 0.755 bits per heavy atom. The SMILES string of the molecule is CCc1ccc(C)cc1.CSc1ccc(C)cc1.Cc1ccc(C)c(C)c1.Cc1ccc(C)c(F)c1.Cc1ccc(C)s1.Cc1ccc(Cl)c(C)c1.Cc1ccc(Cl)c(F)c1.Cc1ccc(Cl)cn1.Cc1ccc(F)c(C)c1.Cc1ccc(F)c(Cl)c1.Cc1ccc(F)s1.Cc1ccc2cc(Cl)ncc2c1. The first-order valence-corrected chi connectivity index (χ1v) is 38.8. The number of pyridine rings is 2. The predicted octanol–water partition coefficient (Wildman–Crippen LogP) is 31.1. The zero-order chi connectivity index (χ0) is 79.6. The number of thiophene rings is 2. The summed E-state index contributed by atoms with van der Waals surface area (Å²) in [5.74, 6) is -0.950. The fourth-order valence-electron chi connectivity index (χ4n) is 8.52. The number of fused-ring (bicyclic) bond motifs is 1. The fourth-order valence-corrected chi connectivity index (χ4v) is 11.0. The van der Waals surface area contributed by atoms with Gasteiger partial charge in [-0.15, -0.1) is 34.4 Å². The van der Waals surface area contributed by atoms with Crippen molar-refractivity contribution in [2.24, 2.45) is 0 Å². The molecule has 0 aliphatic heterocycles. The van der Waals surface area contributed by atoms with E-state index in [9.17, 15) is 22.0 Å². The van der Waals surface area contributed by atoms with Crippen LogP contribution in [0.15, 0.2) is 236 Å². The molecule has 0 bridgehead atoms. The van der Waals surface area contributed by atoms with Crippen molar-refractivity contribution in [1.29, 1.82) is 0 Å². The Balaban J connectivity index is 0.000000394. The van der Waals surface area contributed by atoms with Crippen LogP contribution in [0.4, 0.5) is 22.0 Å². The Labute approximate surface area is 667 Å². The number of halogens is 10. The number of aryl methyl sites for hydroxylation is 19. The van der Waals surface area contributed by atoms with Crippen LogP contribution < -0.4 is 0 Å². The lowest BCUT2D eigenvalue weighted by atomic mass is 10.1. The molecule has 0 saturated heterocycles. The molecule has 0 fully saturated rings. The van der Waals surface area contributed by atoms with E-state index < -0.39 is 0 Å². The van der Waals surface area contributed by atoms with E-state index in [0.29, 0.717) is 15.7 Å². The van der Waals surface area contributed by atoms with Crippen molar-refractivity contribution in [2.45, 2.75) is 143 Å².